The first kappa shape index (κ1) is 23.4. The third-order valence-corrected chi connectivity index (χ3v) is 5.32. The number of nitrogens with zero attached hydrogens (tertiary/aromatic N) is 3. The fourth-order valence-corrected chi connectivity index (χ4v) is 3.38. The molecule has 3 N–H and O–H groups in total. The van der Waals surface area contributed by atoms with E-state index in [0.717, 1.165) is 65.1 Å². The summed E-state index contributed by atoms with van der Waals surface area (Å²) in [4.78, 5) is 32.0. The summed E-state index contributed by atoms with van der Waals surface area (Å²) in [5.41, 5.74) is 0. The average Bonchev–Trinajstić information content (AvgIpc) is 3.23. The SMILES string of the molecule is CCCNC(=O)CN1CCC(NC(=NCC(=O)N(C)C)NCC2CCOC2)CC1. The first-order valence-electron chi connectivity index (χ1n) is 10.8. The van der Waals surface area contributed by atoms with Crippen LogP contribution in [0.25, 0.3) is 0 Å². The normalized spacial score (nSPS) is 21.1. The van der Waals surface area contributed by atoms with E-state index in [1.165, 1.54) is 0 Å². The van der Waals surface area contributed by atoms with E-state index < -0.39 is 0 Å². The number of likely N-dealkylation sites (tertiary alicyclic amines) is 1. The minimum Gasteiger partial charge on any atom is -0.381 e. The number of amides is 2. The maximum absolute atomic E-state index is 11.9. The van der Waals surface area contributed by atoms with Crippen molar-refractivity contribution in [2.75, 3.05) is 66.6 Å². The topological polar surface area (TPSA) is 98.3 Å². The van der Waals surface area contributed by atoms with E-state index in [0.29, 0.717) is 18.4 Å². The molecule has 1 unspecified atom stereocenters. The second-order valence-electron chi connectivity index (χ2n) is 8.11. The zero-order valence-electron chi connectivity index (χ0n) is 18.2. The fourth-order valence-electron chi connectivity index (χ4n) is 3.38. The van der Waals surface area contributed by atoms with Crippen molar-refractivity contribution in [2.24, 2.45) is 10.9 Å². The lowest BCUT2D eigenvalue weighted by atomic mass is 10.1. The lowest BCUT2D eigenvalue weighted by Crippen LogP contribution is -2.51. The maximum Gasteiger partial charge on any atom is 0.243 e. The number of hydrogen-bond acceptors (Lipinski definition) is 5. The van der Waals surface area contributed by atoms with Crippen LogP contribution in [0.3, 0.4) is 0 Å². The van der Waals surface area contributed by atoms with Crippen molar-refractivity contribution in [1.29, 1.82) is 0 Å². The standard InChI is InChI=1S/C20H38N6O3/c1-4-8-21-18(27)14-26-9-5-17(6-10-26)24-20(23-13-19(28)25(2)3)22-12-16-7-11-29-15-16/h16-17H,4-15H2,1-3H3,(H,21,27)(H2,22,23,24). The van der Waals surface area contributed by atoms with Gasteiger partial charge in [0.2, 0.25) is 11.8 Å². The molecule has 9 heteroatoms. The zero-order chi connectivity index (χ0) is 21.1. The summed E-state index contributed by atoms with van der Waals surface area (Å²) in [6.45, 7) is 7.50. The average molecular weight is 411 g/mol. The van der Waals surface area contributed by atoms with Crippen LogP contribution in [0.15, 0.2) is 4.99 Å². The predicted molar refractivity (Wildman–Crippen MR) is 114 cm³/mol. The van der Waals surface area contributed by atoms with Crippen molar-refractivity contribution in [2.45, 2.75) is 38.6 Å². The van der Waals surface area contributed by atoms with Crippen molar-refractivity contribution < 1.29 is 14.3 Å². The van der Waals surface area contributed by atoms with Crippen LogP contribution < -0.4 is 16.0 Å². The summed E-state index contributed by atoms with van der Waals surface area (Å²) >= 11 is 0. The Bertz CT molecular complexity index is 540. The Balaban J connectivity index is 1.80. The molecule has 2 amide bonds. The molecule has 0 radical (unpaired) electrons. The molecule has 0 aromatic carbocycles. The van der Waals surface area contributed by atoms with E-state index >= 15 is 0 Å². The van der Waals surface area contributed by atoms with E-state index in [1.807, 2.05) is 0 Å². The maximum atomic E-state index is 11.9. The molecule has 1 atom stereocenters. The van der Waals surface area contributed by atoms with E-state index in [9.17, 15) is 9.59 Å². The van der Waals surface area contributed by atoms with Gasteiger partial charge in [0.1, 0.15) is 6.54 Å². The van der Waals surface area contributed by atoms with Gasteiger partial charge in [-0.05, 0) is 25.7 Å². The molecule has 0 spiro atoms. The Hall–Kier alpha value is -1.87. The molecule has 9 nitrogen and oxygen atoms in total. The van der Waals surface area contributed by atoms with Crippen LogP contribution in [0.2, 0.25) is 0 Å². The predicted octanol–water partition coefficient (Wildman–Crippen LogP) is -0.363. The Morgan fingerprint density at radius 2 is 1.93 bits per heavy atom. The first-order valence-corrected chi connectivity index (χ1v) is 10.8. The van der Waals surface area contributed by atoms with Gasteiger partial charge in [0.25, 0.3) is 0 Å². The molecule has 0 aromatic heterocycles. The Kier molecular flexibility index (Phi) is 10.2. The molecule has 0 bridgehead atoms. The van der Waals surface area contributed by atoms with Gasteiger partial charge in [-0.3, -0.25) is 14.5 Å². The first-order chi connectivity index (χ1) is 14.0. The van der Waals surface area contributed by atoms with E-state index in [1.54, 1.807) is 19.0 Å². The molecule has 0 aromatic rings. The van der Waals surface area contributed by atoms with Gasteiger partial charge >= 0.3 is 0 Å². The molecule has 2 heterocycles. The van der Waals surface area contributed by atoms with Crippen LogP contribution in [-0.4, -0.2) is 100 Å². The van der Waals surface area contributed by atoms with Gasteiger partial charge in [0.05, 0.1) is 13.2 Å². The van der Waals surface area contributed by atoms with Gasteiger partial charge < -0.3 is 25.6 Å². The summed E-state index contributed by atoms with van der Waals surface area (Å²) < 4.78 is 5.44. The van der Waals surface area contributed by atoms with Gasteiger partial charge in [-0.1, -0.05) is 6.92 Å². The Labute approximate surface area is 174 Å². The number of ether oxygens (including phenoxy) is 1. The van der Waals surface area contributed by atoms with Crippen molar-refractivity contribution >= 4 is 17.8 Å². The second-order valence-corrected chi connectivity index (χ2v) is 8.11. The van der Waals surface area contributed by atoms with Gasteiger partial charge in [-0.25, -0.2) is 4.99 Å². The molecule has 166 valence electrons. The van der Waals surface area contributed by atoms with Crippen LogP contribution in [0.1, 0.15) is 32.6 Å². The van der Waals surface area contributed by atoms with Gasteiger partial charge in [0.15, 0.2) is 5.96 Å². The Morgan fingerprint density at radius 1 is 1.17 bits per heavy atom. The highest BCUT2D eigenvalue weighted by molar-refractivity contribution is 5.85. The number of nitrogens with one attached hydrogen (secondary N) is 3. The highest BCUT2D eigenvalue weighted by Gasteiger charge is 2.22. The molecule has 2 saturated heterocycles. The molecular weight excluding hydrogens is 372 g/mol. The third kappa shape index (κ3) is 8.99. The number of likely N-dealkylation sites (N-methyl/N-ethyl adjacent to an activating group) is 1. The highest BCUT2D eigenvalue weighted by Crippen LogP contribution is 2.12. The van der Waals surface area contributed by atoms with E-state index in [2.05, 4.69) is 32.8 Å². The van der Waals surface area contributed by atoms with E-state index in [4.69, 9.17) is 4.74 Å². The number of aliphatic imine (C=N–C) groups is 1. The lowest BCUT2D eigenvalue weighted by molar-refractivity contribution is -0.127. The summed E-state index contributed by atoms with van der Waals surface area (Å²) in [5, 5.41) is 9.79. The van der Waals surface area contributed by atoms with Crippen LogP contribution in [0, 0.1) is 5.92 Å². The molecule has 2 aliphatic rings. The molecule has 29 heavy (non-hydrogen) atoms. The number of piperidine rings is 1. The van der Waals surface area contributed by atoms with Gasteiger partial charge in [-0.15, -0.1) is 0 Å². The van der Waals surface area contributed by atoms with E-state index in [-0.39, 0.29) is 24.4 Å². The summed E-state index contributed by atoms with van der Waals surface area (Å²) in [5.74, 6) is 1.24. The summed E-state index contributed by atoms with van der Waals surface area (Å²) in [6.07, 6.45) is 3.89. The largest absolute Gasteiger partial charge is 0.381 e. The molecule has 2 aliphatic heterocycles. The minimum absolute atomic E-state index is 0.0248. The van der Waals surface area contributed by atoms with Crippen LogP contribution >= 0.6 is 0 Å². The molecule has 0 aliphatic carbocycles. The molecule has 0 saturated carbocycles. The second kappa shape index (κ2) is 12.6. The third-order valence-electron chi connectivity index (χ3n) is 5.32. The summed E-state index contributed by atoms with van der Waals surface area (Å²) in [7, 11) is 3.47. The van der Waals surface area contributed by atoms with Crippen molar-refractivity contribution in [3.8, 4) is 0 Å². The highest BCUT2D eigenvalue weighted by atomic mass is 16.5. The van der Waals surface area contributed by atoms with Crippen molar-refractivity contribution in [3.63, 3.8) is 0 Å². The minimum atomic E-state index is -0.0248. The number of rotatable bonds is 9. The molecule has 2 fully saturated rings. The fraction of sp³-hybridized carbons (Fsp3) is 0.850. The van der Waals surface area contributed by atoms with Gasteiger partial charge in [0, 0.05) is 58.8 Å². The Morgan fingerprint density at radius 3 is 2.55 bits per heavy atom. The van der Waals surface area contributed by atoms with Crippen molar-refractivity contribution in [3.05, 3.63) is 0 Å². The zero-order valence-corrected chi connectivity index (χ0v) is 18.2. The van der Waals surface area contributed by atoms with Crippen molar-refractivity contribution in [1.82, 2.24) is 25.8 Å². The number of carbonyl (C=O) groups is 2. The number of carbonyl (C=O) groups excluding carboxylic acids is 2. The number of hydrogen-bond donors (Lipinski definition) is 3. The smallest absolute Gasteiger partial charge is 0.243 e. The van der Waals surface area contributed by atoms with Crippen LogP contribution in [0.4, 0.5) is 0 Å². The molecule has 2 rings (SSSR count). The monoisotopic (exact) mass is 410 g/mol. The molecular formula is C20H38N6O3. The summed E-state index contributed by atoms with van der Waals surface area (Å²) in [6, 6.07) is 0.283. The van der Waals surface area contributed by atoms with Crippen LogP contribution in [0.5, 0.6) is 0 Å². The van der Waals surface area contributed by atoms with Crippen LogP contribution in [-0.2, 0) is 14.3 Å². The van der Waals surface area contributed by atoms with Gasteiger partial charge in [-0.2, -0.15) is 0 Å². The number of guanidine groups is 1. The lowest BCUT2D eigenvalue weighted by Gasteiger charge is -2.32. The quantitative estimate of drug-likeness (QED) is 0.355.